The predicted molar refractivity (Wildman–Crippen MR) is 60.9 cm³/mol. The largest absolute Gasteiger partial charge is 0.464 e. The van der Waals surface area contributed by atoms with E-state index in [-0.39, 0.29) is 11.6 Å². The van der Waals surface area contributed by atoms with Crippen LogP contribution in [0.1, 0.15) is 0 Å². The van der Waals surface area contributed by atoms with Gasteiger partial charge in [0.05, 0.1) is 6.26 Å². The third kappa shape index (κ3) is 1.39. The molecular weight excluding hydrogens is 238 g/mol. The van der Waals surface area contributed by atoms with Crippen LogP contribution in [-0.4, -0.2) is 30.7 Å². The molecule has 3 rings (SSSR count). The average molecular weight is 245 g/mol. The van der Waals surface area contributed by atoms with Gasteiger partial charge >= 0.3 is 6.09 Å². The van der Waals surface area contributed by atoms with Crippen molar-refractivity contribution >= 4 is 23.2 Å². The molecule has 90 valence electrons. The SMILES string of the molecule is Nc1nc(-c2ccco2)c2ncn(C(=O)O)c2n1. The average Bonchev–Trinajstić information content (AvgIpc) is 2.96. The second-order valence-corrected chi connectivity index (χ2v) is 3.48. The van der Waals surface area contributed by atoms with E-state index in [1.807, 2.05) is 0 Å². The molecule has 3 heterocycles. The lowest BCUT2D eigenvalue weighted by molar-refractivity contribution is 0.197. The number of nitrogen functional groups attached to an aromatic ring is 1. The van der Waals surface area contributed by atoms with E-state index >= 15 is 0 Å². The quantitative estimate of drug-likeness (QED) is 0.660. The van der Waals surface area contributed by atoms with E-state index in [0.717, 1.165) is 10.9 Å². The molecule has 0 aliphatic carbocycles. The third-order valence-electron chi connectivity index (χ3n) is 2.37. The van der Waals surface area contributed by atoms with Crippen LogP contribution in [0, 0.1) is 0 Å². The van der Waals surface area contributed by atoms with Crippen molar-refractivity contribution in [2.24, 2.45) is 0 Å². The first-order valence-corrected chi connectivity index (χ1v) is 4.94. The molecule has 0 aromatic carbocycles. The van der Waals surface area contributed by atoms with Crippen LogP contribution in [0.25, 0.3) is 22.6 Å². The fourth-order valence-corrected chi connectivity index (χ4v) is 1.64. The molecule has 0 aliphatic heterocycles. The van der Waals surface area contributed by atoms with Crippen LogP contribution in [0.2, 0.25) is 0 Å². The second kappa shape index (κ2) is 3.55. The first-order valence-electron chi connectivity index (χ1n) is 4.94. The normalized spacial score (nSPS) is 10.9. The molecule has 8 heteroatoms. The molecule has 0 unspecified atom stereocenters. The van der Waals surface area contributed by atoms with E-state index in [2.05, 4.69) is 15.0 Å². The molecule has 0 radical (unpaired) electrons. The highest BCUT2D eigenvalue weighted by Crippen LogP contribution is 2.25. The van der Waals surface area contributed by atoms with Crippen LogP contribution in [0.4, 0.5) is 10.7 Å². The van der Waals surface area contributed by atoms with E-state index < -0.39 is 6.09 Å². The minimum atomic E-state index is -1.19. The highest BCUT2D eigenvalue weighted by Gasteiger charge is 2.17. The Morgan fingerprint density at radius 3 is 2.94 bits per heavy atom. The van der Waals surface area contributed by atoms with Crippen LogP contribution < -0.4 is 5.73 Å². The van der Waals surface area contributed by atoms with E-state index in [0.29, 0.717) is 17.0 Å². The zero-order valence-corrected chi connectivity index (χ0v) is 8.94. The summed E-state index contributed by atoms with van der Waals surface area (Å²) < 4.78 is 6.08. The highest BCUT2D eigenvalue weighted by atomic mass is 16.4. The summed E-state index contributed by atoms with van der Waals surface area (Å²) in [5.74, 6) is 0.404. The molecule has 0 saturated heterocycles. The number of aromatic nitrogens is 4. The first kappa shape index (κ1) is 10.3. The van der Waals surface area contributed by atoms with Crippen LogP contribution >= 0.6 is 0 Å². The summed E-state index contributed by atoms with van der Waals surface area (Å²) in [6.07, 6.45) is 1.43. The van der Waals surface area contributed by atoms with Crippen LogP contribution in [0.5, 0.6) is 0 Å². The van der Waals surface area contributed by atoms with E-state index in [1.54, 1.807) is 12.1 Å². The van der Waals surface area contributed by atoms with Crippen LogP contribution in [0.15, 0.2) is 29.1 Å². The van der Waals surface area contributed by atoms with Crippen molar-refractivity contribution in [2.75, 3.05) is 5.73 Å². The third-order valence-corrected chi connectivity index (χ3v) is 2.37. The van der Waals surface area contributed by atoms with Gasteiger partial charge in [-0.05, 0) is 12.1 Å². The molecule has 0 bridgehead atoms. The number of nitrogens with zero attached hydrogens (tertiary/aromatic N) is 4. The Morgan fingerprint density at radius 2 is 2.28 bits per heavy atom. The van der Waals surface area contributed by atoms with Gasteiger partial charge in [-0.25, -0.2) is 19.3 Å². The van der Waals surface area contributed by atoms with Crippen molar-refractivity contribution in [1.29, 1.82) is 0 Å². The minimum absolute atomic E-state index is 0.0445. The Labute approximate surface area is 99.7 Å². The Morgan fingerprint density at radius 1 is 1.44 bits per heavy atom. The maximum atomic E-state index is 11.0. The van der Waals surface area contributed by atoms with Crippen molar-refractivity contribution in [3.8, 4) is 11.5 Å². The van der Waals surface area contributed by atoms with E-state index in [9.17, 15) is 4.79 Å². The monoisotopic (exact) mass is 245 g/mol. The van der Waals surface area contributed by atoms with Gasteiger partial charge in [0, 0.05) is 0 Å². The Balaban J connectivity index is 2.36. The standard InChI is InChI=1S/C10H7N5O3/c11-9-13-6(5-2-1-3-18-5)7-8(14-9)15(4-12-7)10(16)17/h1-4H,(H,16,17)(H2,11,13,14). The van der Waals surface area contributed by atoms with Crippen molar-refractivity contribution in [3.63, 3.8) is 0 Å². The van der Waals surface area contributed by atoms with E-state index in [1.165, 1.54) is 6.26 Å². The number of carbonyl (C=O) groups is 1. The lowest BCUT2D eigenvalue weighted by Gasteiger charge is -2.00. The minimum Gasteiger partial charge on any atom is -0.464 e. The van der Waals surface area contributed by atoms with Crippen molar-refractivity contribution in [1.82, 2.24) is 19.5 Å². The molecule has 8 nitrogen and oxygen atoms in total. The number of hydrogen-bond acceptors (Lipinski definition) is 6. The van der Waals surface area contributed by atoms with Crippen molar-refractivity contribution in [2.45, 2.75) is 0 Å². The number of fused-ring (bicyclic) bond motifs is 1. The van der Waals surface area contributed by atoms with Gasteiger partial charge < -0.3 is 15.3 Å². The van der Waals surface area contributed by atoms with Gasteiger partial charge in [-0.2, -0.15) is 4.98 Å². The number of rotatable bonds is 1. The second-order valence-electron chi connectivity index (χ2n) is 3.48. The first-order chi connectivity index (χ1) is 8.66. The Hall–Kier alpha value is -2.90. The van der Waals surface area contributed by atoms with Gasteiger partial charge in [0.15, 0.2) is 11.4 Å². The summed E-state index contributed by atoms with van der Waals surface area (Å²) in [4.78, 5) is 22.9. The molecule has 0 fully saturated rings. The lowest BCUT2D eigenvalue weighted by Crippen LogP contribution is -2.08. The fraction of sp³-hybridized carbons (Fsp3) is 0. The van der Waals surface area contributed by atoms with Gasteiger partial charge in [0.25, 0.3) is 0 Å². The summed E-state index contributed by atoms with van der Waals surface area (Å²) in [5, 5.41) is 8.98. The Bertz CT molecular complexity index is 731. The lowest BCUT2D eigenvalue weighted by atomic mass is 10.3. The van der Waals surface area contributed by atoms with Crippen molar-refractivity contribution < 1.29 is 14.3 Å². The summed E-state index contributed by atoms with van der Waals surface area (Å²) in [5.41, 5.74) is 6.37. The molecule has 0 amide bonds. The molecule has 18 heavy (non-hydrogen) atoms. The maximum absolute atomic E-state index is 11.0. The van der Waals surface area contributed by atoms with Crippen molar-refractivity contribution in [3.05, 3.63) is 24.7 Å². The number of hydrogen-bond donors (Lipinski definition) is 2. The fourth-order valence-electron chi connectivity index (χ4n) is 1.64. The zero-order valence-electron chi connectivity index (χ0n) is 8.94. The zero-order chi connectivity index (χ0) is 12.7. The molecule has 3 aromatic heterocycles. The highest BCUT2D eigenvalue weighted by molar-refractivity contribution is 5.91. The van der Waals surface area contributed by atoms with Gasteiger partial charge in [-0.15, -0.1) is 0 Å². The number of furan rings is 1. The summed E-state index contributed by atoms with van der Waals surface area (Å²) >= 11 is 0. The van der Waals surface area contributed by atoms with Gasteiger partial charge in [0.1, 0.15) is 17.5 Å². The summed E-state index contributed by atoms with van der Waals surface area (Å²) in [6, 6.07) is 3.37. The van der Waals surface area contributed by atoms with Crippen LogP contribution in [0.3, 0.4) is 0 Å². The molecule has 0 atom stereocenters. The molecule has 0 saturated carbocycles. The van der Waals surface area contributed by atoms with Crippen LogP contribution in [-0.2, 0) is 0 Å². The molecule has 0 aliphatic rings. The molecule has 3 N–H and O–H groups in total. The molecular formula is C10H7N5O3. The smallest absolute Gasteiger partial charge is 0.418 e. The molecule has 3 aromatic rings. The number of anilines is 1. The van der Waals surface area contributed by atoms with Gasteiger partial charge in [-0.1, -0.05) is 0 Å². The predicted octanol–water partition coefficient (Wildman–Crippen LogP) is 1.19. The van der Waals surface area contributed by atoms with Gasteiger partial charge in [0.2, 0.25) is 5.95 Å². The number of imidazole rings is 1. The Kier molecular flexibility index (Phi) is 2.03. The molecule has 0 spiro atoms. The maximum Gasteiger partial charge on any atom is 0.418 e. The number of carboxylic acid groups (broad SMARTS) is 1. The van der Waals surface area contributed by atoms with Gasteiger partial charge in [-0.3, -0.25) is 0 Å². The summed E-state index contributed by atoms with van der Waals surface area (Å²) in [7, 11) is 0. The topological polar surface area (TPSA) is 120 Å². The number of nitrogens with two attached hydrogens (primary N) is 1. The summed E-state index contributed by atoms with van der Waals surface area (Å²) in [6.45, 7) is 0. The van der Waals surface area contributed by atoms with E-state index in [4.69, 9.17) is 15.3 Å².